The fourth-order valence-electron chi connectivity index (χ4n) is 1.31. The second-order valence-electron chi connectivity index (χ2n) is 3.64. The van der Waals surface area contributed by atoms with Gasteiger partial charge in [-0.2, -0.15) is 0 Å². The summed E-state index contributed by atoms with van der Waals surface area (Å²) in [5.41, 5.74) is 0.477. The number of nitrogens with one attached hydrogen (secondary N) is 1. The first-order chi connectivity index (χ1) is 8.58. The van der Waals surface area contributed by atoms with Crippen LogP contribution in [0.3, 0.4) is 0 Å². The quantitative estimate of drug-likeness (QED) is 0.744. The Kier molecular flexibility index (Phi) is 5.13. The van der Waals surface area contributed by atoms with Gasteiger partial charge >= 0.3 is 11.8 Å². The zero-order valence-electron chi connectivity index (χ0n) is 10.3. The number of aliphatic hydroxyl groups is 1. The van der Waals surface area contributed by atoms with Crippen LogP contribution in [0.5, 0.6) is 5.75 Å². The van der Waals surface area contributed by atoms with Gasteiger partial charge in [0.2, 0.25) is 0 Å². The van der Waals surface area contributed by atoms with Crippen molar-refractivity contribution >= 4 is 17.5 Å². The van der Waals surface area contributed by atoms with E-state index in [9.17, 15) is 9.59 Å². The van der Waals surface area contributed by atoms with Crippen molar-refractivity contribution in [3.8, 4) is 5.75 Å². The lowest BCUT2D eigenvalue weighted by molar-refractivity contribution is -0.142. The summed E-state index contributed by atoms with van der Waals surface area (Å²) in [5.74, 6) is -0.866. The zero-order valence-corrected chi connectivity index (χ0v) is 10.3. The Morgan fingerprint density at radius 1 is 1.44 bits per heavy atom. The highest BCUT2D eigenvalue weighted by molar-refractivity contribution is 6.39. The predicted molar refractivity (Wildman–Crippen MR) is 66.3 cm³/mol. The molecule has 6 heteroatoms. The van der Waals surface area contributed by atoms with E-state index in [1.165, 1.54) is 14.2 Å². The molecule has 1 rings (SSSR count). The van der Waals surface area contributed by atoms with Gasteiger partial charge in [0, 0.05) is 25.3 Å². The number of hydrogen-bond acceptors (Lipinski definition) is 4. The van der Waals surface area contributed by atoms with Crippen LogP contribution in [0, 0.1) is 0 Å². The van der Waals surface area contributed by atoms with Gasteiger partial charge in [0.25, 0.3) is 0 Å². The van der Waals surface area contributed by atoms with Crippen molar-refractivity contribution in [2.45, 2.75) is 0 Å². The number of carbonyl (C=O) groups is 2. The van der Waals surface area contributed by atoms with Crippen LogP contribution in [0.15, 0.2) is 24.3 Å². The molecule has 1 aromatic carbocycles. The van der Waals surface area contributed by atoms with E-state index in [1.807, 2.05) is 0 Å². The van der Waals surface area contributed by atoms with Crippen LogP contribution in [0.1, 0.15) is 0 Å². The SMILES string of the molecule is COc1cccc(NC(=O)C(=O)N(C)CCO)c1. The van der Waals surface area contributed by atoms with E-state index < -0.39 is 11.8 Å². The van der Waals surface area contributed by atoms with Crippen LogP contribution in [-0.2, 0) is 9.59 Å². The zero-order chi connectivity index (χ0) is 13.5. The molecule has 0 aliphatic heterocycles. The normalized spacial score (nSPS) is 9.72. The average molecular weight is 252 g/mol. The van der Waals surface area contributed by atoms with E-state index in [2.05, 4.69) is 5.32 Å². The van der Waals surface area contributed by atoms with Crippen LogP contribution in [-0.4, -0.2) is 49.1 Å². The number of likely N-dealkylation sites (N-methyl/N-ethyl adjacent to an activating group) is 1. The molecule has 0 bridgehead atoms. The number of benzene rings is 1. The van der Waals surface area contributed by atoms with Gasteiger partial charge in [0.05, 0.1) is 13.7 Å². The molecule has 0 saturated carbocycles. The monoisotopic (exact) mass is 252 g/mol. The topological polar surface area (TPSA) is 78.9 Å². The molecule has 0 aliphatic carbocycles. The Bertz CT molecular complexity index is 434. The molecule has 98 valence electrons. The number of hydrogen-bond donors (Lipinski definition) is 2. The van der Waals surface area contributed by atoms with E-state index in [-0.39, 0.29) is 13.2 Å². The van der Waals surface area contributed by atoms with Crippen molar-refractivity contribution in [2.75, 3.05) is 32.6 Å². The third kappa shape index (κ3) is 3.74. The number of rotatable bonds is 4. The summed E-state index contributed by atoms with van der Waals surface area (Å²) < 4.78 is 5.00. The van der Waals surface area contributed by atoms with Crippen LogP contribution in [0.2, 0.25) is 0 Å². The Labute approximate surface area is 105 Å². The minimum Gasteiger partial charge on any atom is -0.497 e. The van der Waals surface area contributed by atoms with Gasteiger partial charge in [-0.3, -0.25) is 9.59 Å². The lowest BCUT2D eigenvalue weighted by Crippen LogP contribution is -2.38. The fraction of sp³-hybridized carbons (Fsp3) is 0.333. The molecule has 2 N–H and O–H groups in total. The largest absolute Gasteiger partial charge is 0.497 e. The predicted octanol–water partition coefficient (Wildman–Crippen LogP) is 0.0844. The maximum absolute atomic E-state index is 11.6. The molecule has 0 spiro atoms. The maximum atomic E-state index is 11.6. The number of ether oxygens (including phenoxy) is 1. The molecule has 2 amide bonds. The number of anilines is 1. The third-order valence-electron chi connectivity index (χ3n) is 2.30. The second kappa shape index (κ2) is 6.61. The molecule has 0 fully saturated rings. The summed E-state index contributed by atoms with van der Waals surface area (Å²) in [6.07, 6.45) is 0. The van der Waals surface area contributed by atoms with Crippen LogP contribution >= 0.6 is 0 Å². The Morgan fingerprint density at radius 2 is 2.17 bits per heavy atom. The van der Waals surface area contributed by atoms with Gasteiger partial charge in [-0.1, -0.05) is 6.07 Å². The van der Waals surface area contributed by atoms with Gasteiger partial charge in [-0.25, -0.2) is 0 Å². The van der Waals surface area contributed by atoms with Crippen molar-refractivity contribution in [3.63, 3.8) is 0 Å². The molecule has 0 saturated heterocycles. The number of carbonyl (C=O) groups excluding carboxylic acids is 2. The van der Waals surface area contributed by atoms with Crippen molar-refractivity contribution < 1.29 is 19.4 Å². The summed E-state index contributed by atoms with van der Waals surface area (Å²) in [6.45, 7) is -0.0704. The second-order valence-corrected chi connectivity index (χ2v) is 3.64. The fourth-order valence-corrected chi connectivity index (χ4v) is 1.31. The number of nitrogens with zero attached hydrogens (tertiary/aromatic N) is 1. The smallest absolute Gasteiger partial charge is 0.313 e. The van der Waals surface area contributed by atoms with Crippen molar-refractivity contribution in [3.05, 3.63) is 24.3 Å². The molecule has 1 aromatic rings. The summed E-state index contributed by atoms with van der Waals surface area (Å²) >= 11 is 0. The first-order valence-corrected chi connectivity index (χ1v) is 5.40. The van der Waals surface area contributed by atoms with Crippen LogP contribution in [0.4, 0.5) is 5.69 Å². The van der Waals surface area contributed by atoms with Gasteiger partial charge in [0.1, 0.15) is 5.75 Å². The van der Waals surface area contributed by atoms with E-state index in [4.69, 9.17) is 9.84 Å². The first-order valence-electron chi connectivity index (χ1n) is 5.40. The molecule has 18 heavy (non-hydrogen) atoms. The summed E-state index contributed by atoms with van der Waals surface area (Å²) in [5, 5.41) is 11.1. The van der Waals surface area contributed by atoms with Crippen molar-refractivity contribution in [1.82, 2.24) is 4.90 Å². The number of aliphatic hydroxyl groups excluding tert-OH is 1. The van der Waals surface area contributed by atoms with Crippen LogP contribution in [0.25, 0.3) is 0 Å². The number of methoxy groups -OCH3 is 1. The molecule has 0 heterocycles. The van der Waals surface area contributed by atoms with Gasteiger partial charge < -0.3 is 20.1 Å². The Hall–Kier alpha value is -2.08. The molecule has 6 nitrogen and oxygen atoms in total. The van der Waals surface area contributed by atoms with Gasteiger partial charge in [-0.05, 0) is 12.1 Å². The standard InChI is InChI=1S/C12H16N2O4/c1-14(6-7-15)12(17)11(16)13-9-4-3-5-10(8-9)18-2/h3-5,8,15H,6-7H2,1-2H3,(H,13,16). The molecular formula is C12H16N2O4. The molecule has 0 atom stereocenters. The van der Waals surface area contributed by atoms with Gasteiger partial charge in [-0.15, -0.1) is 0 Å². The Balaban J connectivity index is 2.66. The molecule has 0 aliphatic rings. The summed E-state index contributed by atoms with van der Waals surface area (Å²) in [4.78, 5) is 24.3. The molecule has 0 unspecified atom stereocenters. The lowest BCUT2D eigenvalue weighted by atomic mass is 10.3. The van der Waals surface area contributed by atoms with Crippen LogP contribution < -0.4 is 10.1 Å². The Morgan fingerprint density at radius 3 is 2.78 bits per heavy atom. The number of amides is 2. The lowest BCUT2D eigenvalue weighted by Gasteiger charge is -2.15. The van der Waals surface area contributed by atoms with Gasteiger partial charge in [0.15, 0.2) is 0 Å². The highest BCUT2D eigenvalue weighted by Crippen LogP contribution is 2.16. The minimum atomic E-state index is -0.751. The molecular weight excluding hydrogens is 236 g/mol. The first kappa shape index (κ1) is 14.0. The van der Waals surface area contributed by atoms with E-state index >= 15 is 0 Å². The van der Waals surface area contributed by atoms with Crippen molar-refractivity contribution in [2.24, 2.45) is 0 Å². The maximum Gasteiger partial charge on any atom is 0.313 e. The van der Waals surface area contributed by atoms with Crippen molar-refractivity contribution in [1.29, 1.82) is 0 Å². The third-order valence-corrected chi connectivity index (χ3v) is 2.30. The summed E-state index contributed by atoms with van der Waals surface area (Å²) in [7, 11) is 2.96. The van der Waals surface area contributed by atoms with E-state index in [0.717, 1.165) is 4.90 Å². The molecule has 0 radical (unpaired) electrons. The summed E-state index contributed by atoms with van der Waals surface area (Å²) in [6, 6.07) is 6.70. The average Bonchev–Trinajstić information content (AvgIpc) is 2.38. The van der Waals surface area contributed by atoms with E-state index in [0.29, 0.717) is 11.4 Å². The van der Waals surface area contributed by atoms with E-state index in [1.54, 1.807) is 24.3 Å². The minimum absolute atomic E-state index is 0.115. The highest BCUT2D eigenvalue weighted by atomic mass is 16.5. The molecule has 0 aromatic heterocycles. The highest BCUT2D eigenvalue weighted by Gasteiger charge is 2.18.